The maximum absolute atomic E-state index is 10.6. The third-order valence-electron chi connectivity index (χ3n) is 5.01. The molecule has 2 aromatic carbocycles. The van der Waals surface area contributed by atoms with Crippen LogP contribution in [0.5, 0.6) is 5.75 Å². The van der Waals surface area contributed by atoms with E-state index in [1.54, 1.807) is 0 Å². The van der Waals surface area contributed by atoms with Crippen LogP contribution in [0.1, 0.15) is 35.1 Å². The summed E-state index contributed by atoms with van der Waals surface area (Å²) in [7, 11) is 0. The molecule has 1 aliphatic carbocycles. The highest BCUT2D eigenvalue weighted by Crippen LogP contribution is 2.36. The number of aryl methyl sites for hydroxylation is 1. The van der Waals surface area contributed by atoms with Gasteiger partial charge in [-0.1, -0.05) is 36.4 Å². The standard InChI is InChI=1S/C22H20N2O3/c1-23-20-13-24-22(27-20)21(25)18-8-7-17-12-19(10-9-16(17)11-18)26-14-15-5-3-2-4-6-15/h2-6,9-10,12-13,18,21,25H,7-8,11,14H2. The zero-order chi connectivity index (χ0) is 18.6. The van der Waals surface area contributed by atoms with E-state index >= 15 is 0 Å². The lowest BCUT2D eigenvalue weighted by Crippen LogP contribution is -2.21. The molecule has 0 bridgehead atoms. The number of oxazole rings is 1. The van der Waals surface area contributed by atoms with Crippen LogP contribution in [0.25, 0.3) is 4.85 Å². The van der Waals surface area contributed by atoms with Gasteiger partial charge in [0, 0.05) is 0 Å². The first kappa shape index (κ1) is 17.3. The molecule has 1 aromatic heterocycles. The molecule has 0 amide bonds. The van der Waals surface area contributed by atoms with E-state index < -0.39 is 6.10 Å². The van der Waals surface area contributed by atoms with Gasteiger partial charge in [0.1, 0.15) is 18.5 Å². The number of aromatic nitrogens is 1. The monoisotopic (exact) mass is 360 g/mol. The summed E-state index contributed by atoms with van der Waals surface area (Å²) >= 11 is 0. The topological polar surface area (TPSA) is 59.9 Å². The molecule has 0 aliphatic heterocycles. The minimum absolute atomic E-state index is 0.0332. The van der Waals surface area contributed by atoms with Crippen molar-refractivity contribution in [2.24, 2.45) is 5.92 Å². The number of rotatable bonds is 5. The lowest BCUT2D eigenvalue weighted by atomic mass is 9.81. The van der Waals surface area contributed by atoms with Crippen molar-refractivity contribution in [2.75, 3.05) is 0 Å². The van der Waals surface area contributed by atoms with Crippen molar-refractivity contribution in [3.63, 3.8) is 0 Å². The van der Waals surface area contributed by atoms with Gasteiger partial charge in [0.2, 0.25) is 5.89 Å². The van der Waals surface area contributed by atoms with Gasteiger partial charge in [-0.15, -0.1) is 0 Å². The van der Waals surface area contributed by atoms with Crippen LogP contribution in [-0.4, -0.2) is 10.1 Å². The maximum atomic E-state index is 10.6. The molecule has 136 valence electrons. The minimum Gasteiger partial charge on any atom is -0.489 e. The number of hydrogen-bond acceptors (Lipinski definition) is 4. The Hall–Kier alpha value is -3.10. The molecule has 4 rings (SSSR count). The largest absolute Gasteiger partial charge is 0.489 e. The Labute approximate surface area is 158 Å². The summed E-state index contributed by atoms with van der Waals surface area (Å²) in [4.78, 5) is 7.23. The van der Waals surface area contributed by atoms with Crippen molar-refractivity contribution in [1.29, 1.82) is 0 Å². The van der Waals surface area contributed by atoms with Crippen LogP contribution in [0.2, 0.25) is 0 Å². The van der Waals surface area contributed by atoms with Gasteiger partial charge in [0.15, 0.2) is 0 Å². The Balaban J connectivity index is 1.42. The highest BCUT2D eigenvalue weighted by atomic mass is 16.5. The van der Waals surface area contributed by atoms with Crippen molar-refractivity contribution in [1.82, 2.24) is 4.98 Å². The fourth-order valence-corrected chi connectivity index (χ4v) is 3.53. The SMILES string of the molecule is [C-]#[N+]c1cnc(C(O)C2CCc3cc(OCc4ccccc4)ccc3C2)o1. The minimum atomic E-state index is -0.789. The van der Waals surface area contributed by atoms with Crippen molar-refractivity contribution in [2.45, 2.75) is 32.0 Å². The molecule has 0 radical (unpaired) electrons. The first-order valence-corrected chi connectivity index (χ1v) is 9.02. The predicted molar refractivity (Wildman–Crippen MR) is 100 cm³/mol. The average Bonchev–Trinajstić information content (AvgIpc) is 3.21. The smallest absolute Gasteiger partial charge is 0.365 e. The molecule has 2 unspecified atom stereocenters. The van der Waals surface area contributed by atoms with Crippen molar-refractivity contribution >= 4 is 5.88 Å². The van der Waals surface area contributed by atoms with E-state index in [1.165, 1.54) is 17.3 Å². The number of nitrogens with zero attached hydrogens (tertiary/aromatic N) is 2. The van der Waals surface area contributed by atoms with Crippen LogP contribution in [0.4, 0.5) is 5.88 Å². The maximum Gasteiger partial charge on any atom is 0.365 e. The molecule has 2 atom stereocenters. The van der Waals surface area contributed by atoms with Crippen LogP contribution < -0.4 is 4.74 Å². The van der Waals surface area contributed by atoms with Crippen LogP contribution in [-0.2, 0) is 19.4 Å². The molecule has 0 saturated heterocycles. The Morgan fingerprint density at radius 3 is 2.85 bits per heavy atom. The van der Waals surface area contributed by atoms with E-state index in [0.717, 1.165) is 30.6 Å². The van der Waals surface area contributed by atoms with E-state index in [-0.39, 0.29) is 17.7 Å². The van der Waals surface area contributed by atoms with Gasteiger partial charge >= 0.3 is 5.88 Å². The number of fused-ring (bicyclic) bond motifs is 1. The molecule has 0 spiro atoms. The fourth-order valence-electron chi connectivity index (χ4n) is 3.53. The van der Waals surface area contributed by atoms with Gasteiger partial charge < -0.3 is 14.3 Å². The summed E-state index contributed by atoms with van der Waals surface area (Å²) in [6, 6.07) is 16.3. The van der Waals surface area contributed by atoms with Crippen LogP contribution in [0, 0.1) is 12.5 Å². The number of hydrogen-bond donors (Lipinski definition) is 1. The number of benzene rings is 2. The third-order valence-corrected chi connectivity index (χ3v) is 5.01. The molecule has 1 heterocycles. The van der Waals surface area contributed by atoms with E-state index in [4.69, 9.17) is 15.7 Å². The van der Waals surface area contributed by atoms with Crippen LogP contribution in [0.15, 0.2) is 59.1 Å². The number of ether oxygens (including phenoxy) is 1. The third kappa shape index (κ3) is 3.86. The molecular weight excluding hydrogens is 340 g/mol. The Bertz CT molecular complexity index is 959. The summed E-state index contributed by atoms with van der Waals surface area (Å²) in [6.45, 7) is 7.50. The first-order valence-electron chi connectivity index (χ1n) is 9.02. The molecule has 3 aromatic rings. The predicted octanol–water partition coefficient (Wildman–Crippen LogP) is 4.64. The van der Waals surface area contributed by atoms with Crippen molar-refractivity contribution in [3.05, 3.63) is 88.7 Å². The molecule has 1 aliphatic rings. The normalized spacial score (nSPS) is 17.0. The zero-order valence-electron chi connectivity index (χ0n) is 14.8. The number of aliphatic hydroxyl groups is 1. The first-order chi connectivity index (χ1) is 13.2. The second kappa shape index (κ2) is 7.65. The van der Waals surface area contributed by atoms with Gasteiger partial charge in [-0.3, -0.25) is 0 Å². The molecule has 27 heavy (non-hydrogen) atoms. The average molecular weight is 360 g/mol. The molecule has 5 nitrogen and oxygen atoms in total. The Morgan fingerprint density at radius 1 is 1.22 bits per heavy atom. The summed E-state index contributed by atoms with van der Waals surface area (Å²) < 4.78 is 11.2. The summed E-state index contributed by atoms with van der Waals surface area (Å²) in [6.07, 6.45) is 3.04. The second-order valence-corrected chi connectivity index (χ2v) is 6.80. The Morgan fingerprint density at radius 2 is 2.07 bits per heavy atom. The quantitative estimate of drug-likeness (QED) is 0.673. The lowest BCUT2D eigenvalue weighted by molar-refractivity contribution is 0.0740. The molecular formula is C22H20N2O3. The lowest BCUT2D eigenvalue weighted by Gasteiger charge is -2.27. The van der Waals surface area contributed by atoms with Gasteiger partial charge in [-0.05, 0) is 54.0 Å². The Kier molecular flexibility index (Phi) is 4.91. The number of aliphatic hydroxyl groups excluding tert-OH is 1. The van der Waals surface area contributed by atoms with Gasteiger partial charge in [0.05, 0.1) is 12.8 Å². The highest BCUT2D eigenvalue weighted by Gasteiger charge is 2.29. The van der Waals surface area contributed by atoms with E-state index in [0.29, 0.717) is 6.61 Å². The summed E-state index contributed by atoms with van der Waals surface area (Å²) in [5, 5.41) is 10.6. The van der Waals surface area contributed by atoms with Crippen molar-refractivity contribution in [3.8, 4) is 5.75 Å². The molecule has 1 N–H and O–H groups in total. The zero-order valence-corrected chi connectivity index (χ0v) is 14.8. The second-order valence-electron chi connectivity index (χ2n) is 6.80. The highest BCUT2D eigenvalue weighted by molar-refractivity contribution is 5.38. The van der Waals surface area contributed by atoms with Gasteiger partial charge in [0.25, 0.3) is 0 Å². The molecule has 0 fully saturated rings. The van der Waals surface area contributed by atoms with E-state index in [1.807, 2.05) is 36.4 Å². The van der Waals surface area contributed by atoms with Gasteiger partial charge in [-0.25, -0.2) is 4.98 Å². The summed E-state index contributed by atoms with van der Waals surface area (Å²) in [5.41, 5.74) is 3.62. The van der Waals surface area contributed by atoms with Crippen molar-refractivity contribution < 1.29 is 14.3 Å². The van der Waals surface area contributed by atoms with Crippen LogP contribution in [0.3, 0.4) is 0 Å². The van der Waals surface area contributed by atoms with Crippen LogP contribution >= 0.6 is 0 Å². The summed E-state index contributed by atoms with van der Waals surface area (Å²) in [5.74, 6) is 1.24. The van der Waals surface area contributed by atoms with Gasteiger partial charge in [-0.2, -0.15) is 4.85 Å². The molecule has 0 saturated carbocycles. The fraction of sp³-hybridized carbons (Fsp3) is 0.273. The molecule has 5 heteroatoms. The van der Waals surface area contributed by atoms with E-state index in [9.17, 15) is 5.11 Å². The van der Waals surface area contributed by atoms with E-state index in [2.05, 4.69) is 22.0 Å².